The minimum Gasteiger partial charge on any atom is -0.384 e. The summed E-state index contributed by atoms with van der Waals surface area (Å²) in [7, 11) is 0. The van der Waals surface area contributed by atoms with Crippen molar-refractivity contribution in [2.45, 2.75) is 6.92 Å². The monoisotopic (exact) mass is 309 g/mol. The van der Waals surface area contributed by atoms with Crippen LogP contribution in [0.3, 0.4) is 0 Å². The molecule has 0 spiro atoms. The first-order chi connectivity index (χ1) is 10.6. The van der Waals surface area contributed by atoms with Crippen LogP contribution in [0.25, 0.3) is 10.4 Å². The lowest BCUT2D eigenvalue weighted by molar-refractivity contribution is 0.844. The number of nitrogen functional groups attached to an aromatic ring is 1. The molecule has 2 N–H and O–H groups in total. The predicted molar refractivity (Wildman–Crippen MR) is 92.6 cm³/mol. The van der Waals surface area contributed by atoms with Crippen molar-refractivity contribution in [3.8, 4) is 10.4 Å². The molecule has 110 valence electrons. The van der Waals surface area contributed by atoms with Crippen molar-refractivity contribution in [1.82, 2.24) is 4.68 Å². The highest BCUT2D eigenvalue weighted by Gasteiger charge is 2.02. The van der Waals surface area contributed by atoms with E-state index in [4.69, 9.17) is 5.73 Å². The Morgan fingerprint density at radius 3 is 2.64 bits per heavy atom. The van der Waals surface area contributed by atoms with Gasteiger partial charge in [0.1, 0.15) is 5.82 Å². The maximum Gasteiger partial charge on any atom is 0.273 e. The zero-order valence-corrected chi connectivity index (χ0v) is 12.9. The third-order valence-electron chi connectivity index (χ3n) is 3.17. The van der Waals surface area contributed by atoms with Crippen LogP contribution in [-0.2, 0) is 0 Å². The van der Waals surface area contributed by atoms with Gasteiger partial charge in [0.15, 0.2) is 0 Å². The lowest BCUT2D eigenvalue weighted by atomic mass is 10.2. The number of benzene rings is 1. The minimum atomic E-state index is -0.228. The van der Waals surface area contributed by atoms with Crippen LogP contribution < -0.4 is 11.3 Å². The molecule has 0 aliphatic carbocycles. The van der Waals surface area contributed by atoms with Crippen molar-refractivity contribution in [2.75, 3.05) is 5.73 Å². The third kappa shape index (κ3) is 2.99. The van der Waals surface area contributed by atoms with Gasteiger partial charge in [-0.05, 0) is 36.2 Å². The SMILES string of the molecule is Cc1cc(N)n(/N=C\c2ccc(-c3ccccc3)s2)c(=O)c1. The Balaban J connectivity index is 1.89. The smallest absolute Gasteiger partial charge is 0.273 e. The van der Waals surface area contributed by atoms with E-state index in [0.29, 0.717) is 5.82 Å². The number of nitrogens with two attached hydrogens (primary N) is 1. The summed E-state index contributed by atoms with van der Waals surface area (Å²) in [5.74, 6) is 0.334. The maximum atomic E-state index is 11.9. The molecular formula is C17H15N3OS. The van der Waals surface area contributed by atoms with Gasteiger partial charge in [-0.2, -0.15) is 9.78 Å². The van der Waals surface area contributed by atoms with Crippen LogP contribution in [-0.4, -0.2) is 10.9 Å². The Labute approximate surface area is 132 Å². The predicted octanol–water partition coefficient (Wildman–Crippen LogP) is 3.35. The zero-order valence-electron chi connectivity index (χ0n) is 12.1. The van der Waals surface area contributed by atoms with Gasteiger partial charge in [0, 0.05) is 15.8 Å². The molecule has 4 nitrogen and oxygen atoms in total. The number of aryl methyl sites for hydroxylation is 1. The Morgan fingerprint density at radius 1 is 1.14 bits per heavy atom. The molecule has 0 aliphatic rings. The molecule has 5 heteroatoms. The zero-order chi connectivity index (χ0) is 15.5. The molecule has 3 rings (SSSR count). The molecule has 0 aliphatic heterocycles. The summed E-state index contributed by atoms with van der Waals surface area (Å²) >= 11 is 1.61. The molecule has 2 heterocycles. The van der Waals surface area contributed by atoms with E-state index in [1.165, 1.54) is 16.3 Å². The molecule has 0 unspecified atom stereocenters. The fourth-order valence-electron chi connectivity index (χ4n) is 2.14. The lowest BCUT2D eigenvalue weighted by Crippen LogP contribution is -2.18. The van der Waals surface area contributed by atoms with Gasteiger partial charge in [0.2, 0.25) is 0 Å². The second-order valence-electron chi connectivity index (χ2n) is 4.92. The van der Waals surface area contributed by atoms with Gasteiger partial charge < -0.3 is 5.73 Å². The van der Waals surface area contributed by atoms with Crippen molar-refractivity contribution < 1.29 is 0 Å². The number of aromatic nitrogens is 1. The van der Waals surface area contributed by atoms with E-state index in [2.05, 4.69) is 17.2 Å². The highest BCUT2D eigenvalue weighted by molar-refractivity contribution is 7.17. The molecule has 0 radical (unpaired) electrons. The van der Waals surface area contributed by atoms with E-state index in [0.717, 1.165) is 15.3 Å². The van der Waals surface area contributed by atoms with Gasteiger partial charge in [0.25, 0.3) is 5.56 Å². The topological polar surface area (TPSA) is 60.4 Å². The minimum absolute atomic E-state index is 0.228. The van der Waals surface area contributed by atoms with Gasteiger partial charge in [0.05, 0.1) is 6.21 Å². The second-order valence-corrected chi connectivity index (χ2v) is 6.04. The average Bonchev–Trinajstić information content (AvgIpc) is 2.96. The summed E-state index contributed by atoms with van der Waals surface area (Å²) in [6.07, 6.45) is 1.66. The van der Waals surface area contributed by atoms with Crippen LogP contribution in [0.4, 0.5) is 5.82 Å². The molecule has 1 aromatic carbocycles. The summed E-state index contributed by atoms with van der Waals surface area (Å²) in [6.45, 7) is 1.83. The van der Waals surface area contributed by atoms with Gasteiger partial charge in [-0.15, -0.1) is 11.3 Å². The lowest BCUT2D eigenvalue weighted by Gasteiger charge is -2.02. The van der Waals surface area contributed by atoms with Crippen LogP contribution >= 0.6 is 11.3 Å². The average molecular weight is 309 g/mol. The number of thiophene rings is 1. The fraction of sp³-hybridized carbons (Fsp3) is 0.0588. The van der Waals surface area contributed by atoms with Crippen LogP contribution in [0, 0.1) is 6.92 Å². The van der Waals surface area contributed by atoms with Crippen molar-refractivity contribution >= 4 is 23.4 Å². The number of hydrogen-bond acceptors (Lipinski definition) is 4. The Kier molecular flexibility index (Phi) is 3.89. The van der Waals surface area contributed by atoms with E-state index in [1.807, 2.05) is 37.3 Å². The summed E-state index contributed by atoms with van der Waals surface area (Å²) < 4.78 is 1.20. The Morgan fingerprint density at radius 2 is 1.91 bits per heavy atom. The van der Waals surface area contributed by atoms with E-state index < -0.39 is 0 Å². The van der Waals surface area contributed by atoms with Crippen LogP contribution in [0.15, 0.2) is 64.5 Å². The molecular weight excluding hydrogens is 294 g/mol. The van der Waals surface area contributed by atoms with Crippen molar-refractivity contribution in [2.24, 2.45) is 5.10 Å². The van der Waals surface area contributed by atoms with Gasteiger partial charge >= 0.3 is 0 Å². The molecule has 0 amide bonds. The Hall–Kier alpha value is -2.66. The molecule has 0 atom stereocenters. The number of hydrogen-bond donors (Lipinski definition) is 1. The van der Waals surface area contributed by atoms with Crippen LogP contribution in [0.2, 0.25) is 0 Å². The van der Waals surface area contributed by atoms with Crippen molar-refractivity contribution in [1.29, 1.82) is 0 Å². The Bertz CT molecular complexity index is 878. The summed E-state index contributed by atoms with van der Waals surface area (Å²) in [6, 6.07) is 17.4. The van der Waals surface area contributed by atoms with E-state index >= 15 is 0 Å². The normalized spacial score (nSPS) is 11.1. The summed E-state index contributed by atoms with van der Waals surface area (Å²) in [5, 5.41) is 4.19. The van der Waals surface area contributed by atoms with Gasteiger partial charge in [-0.25, -0.2) is 0 Å². The summed E-state index contributed by atoms with van der Waals surface area (Å²) in [5.41, 5.74) is 7.60. The van der Waals surface area contributed by atoms with E-state index in [9.17, 15) is 4.79 Å². The first-order valence-corrected chi connectivity index (χ1v) is 7.64. The highest BCUT2D eigenvalue weighted by atomic mass is 32.1. The molecule has 0 bridgehead atoms. The maximum absolute atomic E-state index is 11.9. The van der Waals surface area contributed by atoms with E-state index in [1.54, 1.807) is 23.6 Å². The standard InChI is InChI=1S/C17H15N3OS/c1-12-9-16(18)20(17(21)10-12)19-11-14-7-8-15(22-14)13-5-3-2-4-6-13/h2-11H,18H2,1H3/b19-11-. The molecule has 0 saturated carbocycles. The molecule has 0 saturated heterocycles. The summed E-state index contributed by atoms with van der Waals surface area (Å²) in [4.78, 5) is 14.0. The van der Waals surface area contributed by atoms with Crippen molar-refractivity contribution in [3.63, 3.8) is 0 Å². The third-order valence-corrected chi connectivity index (χ3v) is 4.23. The highest BCUT2D eigenvalue weighted by Crippen LogP contribution is 2.26. The number of nitrogens with zero attached hydrogens (tertiary/aromatic N) is 2. The van der Waals surface area contributed by atoms with Crippen LogP contribution in [0.5, 0.6) is 0 Å². The second kappa shape index (κ2) is 5.99. The molecule has 3 aromatic rings. The molecule has 2 aromatic heterocycles. The first kappa shape index (κ1) is 14.3. The largest absolute Gasteiger partial charge is 0.384 e. The number of anilines is 1. The quantitative estimate of drug-likeness (QED) is 0.754. The van der Waals surface area contributed by atoms with E-state index in [-0.39, 0.29) is 5.56 Å². The molecule has 0 fully saturated rings. The van der Waals surface area contributed by atoms with Crippen molar-refractivity contribution in [3.05, 3.63) is 75.4 Å². The number of pyridine rings is 1. The molecule has 22 heavy (non-hydrogen) atoms. The first-order valence-electron chi connectivity index (χ1n) is 6.82. The van der Waals surface area contributed by atoms with Gasteiger partial charge in [-0.3, -0.25) is 4.79 Å². The number of rotatable bonds is 3. The van der Waals surface area contributed by atoms with Gasteiger partial charge in [-0.1, -0.05) is 30.3 Å². The van der Waals surface area contributed by atoms with Crippen LogP contribution in [0.1, 0.15) is 10.4 Å². The fourth-order valence-corrected chi connectivity index (χ4v) is 3.02.